The first-order valence-electron chi connectivity index (χ1n) is 7.44. The molecule has 22 heavy (non-hydrogen) atoms. The summed E-state index contributed by atoms with van der Waals surface area (Å²) in [6.07, 6.45) is -0.554. The van der Waals surface area contributed by atoms with E-state index in [4.69, 9.17) is 9.47 Å². The van der Waals surface area contributed by atoms with Crippen LogP contribution in [0, 0.1) is 0 Å². The van der Waals surface area contributed by atoms with Crippen molar-refractivity contribution in [1.82, 2.24) is 0 Å². The van der Waals surface area contributed by atoms with Crippen LogP contribution in [0.2, 0.25) is 0 Å². The molecule has 2 aromatic carbocycles. The number of hydrogen-bond donors (Lipinski definition) is 2. The molecule has 0 bridgehead atoms. The Morgan fingerprint density at radius 3 is 2.73 bits per heavy atom. The summed E-state index contributed by atoms with van der Waals surface area (Å²) in [5.74, 6) is 0.675. The summed E-state index contributed by atoms with van der Waals surface area (Å²) in [6.45, 7) is 1.04. The van der Waals surface area contributed by atoms with Crippen molar-refractivity contribution in [1.29, 1.82) is 0 Å². The van der Waals surface area contributed by atoms with Crippen molar-refractivity contribution < 1.29 is 19.7 Å². The van der Waals surface area contributed by atoms with Crippen LogP contribution in [0.5, 0.6) is 5.75 Å². The summed E-state index contributed by atoms with van der Waals surface area (Å²) < 4.78 is 11.0. The van der Waals surface area contributed by atoms with Crippen molar-refractivity contribution in [2.75, 3.05) is 13.2 Å². The SMILES string of the molecule is OC1COCCC1(O)c1cccc(OCc2ccccc2)c1. The molecule has 4 nitrogen and oxygen atoms in total. The molecule has 0 aliphatic carbocycles. The van der Waals surface area contributed by atoms with Gasteiger partial charge in [0.2, 0.25) is 0 Å². The molecule has 0 saturated carbocycles. The van der Waals surface area contributed by atoms with Crippen LogP contribution in [-0.4, -0.2) is 29.5 Å². The Labute approximate surface area is 129 Å². The maximum atomic E-state index is 10.7. The van der Waals surface area contributed by atoms with Gasteiger partial charge < -0.3 is 19.7 Å². The van der Waals surface area contributed by atoms with E-state index in [9.17, 15) is 10.2 Å². The largest absolute Gasteiger partial charge is 0.489 e. The van der Waals surface area contributed by atoms with Gasteiger partial charge in [0.25, 0.3) is 0 Å². The highest BCUT2D eigenvalue weighted by molar-refractivity contribution is 5.33. The highest BCUT2D eigenvalue weighted by Crippen LogP contribution is 2.34. The molecule has 116 valence electrons. The maximum absolute atomic E-state index is 10.7. The molecule has 0 amide bonds. The van der Waals surface area contributed by atoms with E-state index >= 15 is 0 Å². The van der Waals surface area contributed by atoms with Crippen molar-refractivity contribution >= 4 is 0 Å². The lowest BCUT2D eigenvalue weighted by Crippen LogP contribution is -2.46. The van der Waals surface area contributed by atoms with Crippen LogP contribution in [0.25, 0.3) is 0 Å². The Balaban J connectivity index is 1.75. The molecule has 1 heterocycles. The highest BCUT2D eigenvalue weighted by atomic mass is 16.5. The van der Waals surface area contributed by atoms with E-state index in [1.807, 2.05) is 48.5 Å². The van der Waals surface area contributed by atoms with Crippen molar-refractivity contribution in [3.05, 3.63) is 65.7 Å². The lowest BCUT2D eigenvalue weighted by Gasteiger charge is -2.37. The van der Waals surface area contributed by atoms with Gasteiger partial charge in [-0.3, -0.25) is 0 Å². The Kier molecular flexibility index (Phi) is 4.43. The van der Waals surface area contributed by atoms with Gasteiger partial charge in [-0.2, -0.15) is 0 Å². The molecular weight excluding hydrogens is 280 g/mol. The minimum Gasteiger partial charge on any atom is -0.489 e. The summed E-state index contributed by atoms with van der Waals surface area (Å²) in [5, 5.41) is 20.8. The second kappa shape index (κ2) is 6.48. The van der Waals surface area contributed by atoms with E-state index in [1.54, 1.807) is 6.07 Å². The fraction of sp³-hybridized carbons (Fsp3) is 0.333. The molecule has 1 fully saturated rings. The van der Waals surface area contributed by atoms with Crippen LogP contribution in [0.1, 0.15) is 17.5 Å². The predicted octanol–water partition coefficient (Wildman–Crippen LogP) is 2.23. The third kappa shape index (κ3) is 3.14. The minimum atomic E-state index is -1.27. The molecule has 3 rings (SSSR count). The molecule has 0 spiro atoms. The standard InChI is InChI=1S/C18H20O4/c19-17-13-21-10-9-18(17,20)15-7-4-8-16(11-15)22-12-14-5-2-1-3-6-14/h1-8,11,17,19-20H,9-10,12-13H2. The third-order valence-electron chi connectivity index (χ3n) is 4.04. The van der Waals surface area contributed by atoms with Gasteiger partial charge in [-0.25, -0.2) is 0 Å². The molecule has 0 radical (unpaired) electrons. The van der Waals surface area contributed by atoms with Gasteiger partial charge in [-0.05, 0) is 23.3 Å². The number of aliphatic hydroxyl groups excluding tert-OH is 1. The van der Waals surface area contributed by atoms with Gasteiger partial charge in [0.05, 0.1) is 6.61 Å². The molecule has 2 unspecified atom stereocenters. The molecule has 4 heteroatoms. The van der Waals surface area contributed by atoms with Gasteiger partial charge >= 0.3 is 0 Å². The number of hydrogen-bond acceptors (Lipinski definition) is 4. The number of benzene rings is 2. The topological polar surface area (TPSA) is 58.9 Å². The first-order valence-corrected chi connectivity index (χ1v) is 7.44. The monoisotopic (exact) mass is 300 g/mol. The van der Waals surface area contributed by atoms with Crippen LogP contribution in [0.4, 0.5) is 0 Å². The van der Waals surface area contributed by atoms with Gasteiger partial charge in [0.1, 0.15) is 24.1 Å². The highest BCUT2D eigenvalue weighted by Gasteiger charge is 2.40. The molecule has 1 aliphatic heterocycles. The van der Waals surface area contributed by atoms with Crippen LogP contribution in [-0.2, 0) is 16.9 Å². The van der Waals surface area contributed by atoms with E-state index < -0.39 is 11.7 Å². The maximum Gasteiger partial charge on any atom is 0.120 e. The van der Waals surface area contributed by atoms with E-state index in [2.05, 4.69) is 0 Å². The molecule has 1 aliphatic rings. The second-order valence-electron chi connectivity index (χ2n) is 5.57. The first-order chi connectivity index (χ1) is 10.7. The molecule has 0 aromatic heterocycles. The molecule has 2 aromatic rings. The quantitative estimate of drug-likeness (QED) is 0.909. The Morgan fingerprint density at radius 2 is 1.95 bits per heavy atom. The van der Waals surface area contributed by atoms with E-state index in [0.717, 1.165) is 5.56 Å². The Hall–Kier alpha value is -1.88. The zero-order valence-corrected chi connectivity index (χ0v) is 12.3. The van der Waals surface area contributed by atoms with Crippen LogP contribution in [0.15, 0.2) is 54.6 Å². The van der Waals surface area contributed by atoms with E-state index in [0.29, 0.717) is 30.9 Å². The summed E-state index contributed by atoms with van der Waals surface area (Å²) in [4.78, 5) is 0. The number of rotatable bonds is 4. The summed E-state index contributed by atoms with van der Waals surface area (Å²) in [5.41, 5.74) is 0.469. The van der Waals surface area contributed by atoms with Gasteiger partial charge in [-0.15, -0.1) is 0 Å². The second-order valence-corrected chi connectivity index (χ2v) is 5.57. The zero-order chi connectivity index (χ0) is 15.4. The van der Waals surface area contributed by atoms with Crippen LogP contribution >= 0.6 is 0 Å². The summed E-state index contributed by atoms with van der Waals surface area (Å²) in [6, 6.07) is 17.2. The summed E-state index contributed by atoms with van der Waals surface area (Å²) in [7, 11) is 0. The molecule has 2 N–H and O–H groups in total. The summed E-state index contributed by atoms with van der Waals surface area (Å²) >= 11 is 0. The van der Waals surface area contributed by atoms with Gasteiger partial charge in [0.15, 0.2) is 0 Å². The number of ether oxygens (including phenoxy) is 2. The lowest BCUT2D eigenvalue weighted by molar-refractivity contribution is -0.158. The van der Waals surface area contributed by atoms with E-state index in [1.165, 1.54) is 0 Å². The fourth-order valence-corrected chi connectivity index (χ4v) is 2.66. The normalized spacial score (nSPS) is 24.9. The predicted molar refractivity (Wildman–Crippen MR) is 82.6 cm³/mol. The van der Waals surface area contributed by atoms with Crippen molar-refractivity contribution in [3.63, 3.8) is 0 Å². The third-order valence-corrected chi connectivity index (χ3v) is 4.04. The fourth-order valence-electron chi connectivity index (χ4n) is 2.66. The molecule has 1 saturated heterocycles. The lowest BCUT2D eigenvalue weighted by atomic mass is 9.84. The Morgan fingerprint density at radius 1 is 1.14 bits per heavy atom. The van der Waals surface area contributed by atoms with E-state index in [-0.39, 0.29) is 6.61 Å². The van der Waals surface area contributed by atoms with Gasteiger partial charge in [0, 0.05) is 13.0 Å². The average molecular weight is 300 g/mol. The van der Waals surface area contributed by atoms with Crippen LogP contribution < -0.4 is 4.74 Å². The smallest absolute Gasteiger partial charge is 0.120 e. The minimum absolute atomic E-state index is 0.144. The van der Waals surface area contributed by atoms with Gasteiger partial charge in [-0.1, -0.05) is 42.5 Å². The molecular formula is C18H20O4. The van der Waals surface area contributed by atoms with Crippen molar-refractivity contribution in [3.8, 4) is 5.75 Å². The zero-order valence-electron chi connectivity index (χ0n) is 12.3. The first kappa shape index (κ1) is 15.0. The number of aliphatic hydroxyl groups is 2. The van der Waals surface area contributed by atoms with Crippen molar-refractivity contribution in [2.24, 2.45) is 0 Å². The Bertz CT molecular complexity index is 613. The van der Waals surface area contributed by atoms with Crippen molar-refractivity contribution in [2.45, 2.75) is 24.7 Å². The molecule has 2 atom stereocenters. The van der Waals surface area contributed by atoms with Crippen LogP contribution in [0.3, 0.4) is 0 Å². The average Bonchev–Trinajstić information content (AvgIpc) is 2.57.